The van der Waals surface area contributed by atoms with Crippen molar-refractivity contribution in [2.75, 3.05) is 12.3 Å². The van der Waals surface area contributed by atoms with Crippen molar-refractivity contribution in [3.8, 4) is 5.75 Å². The number of nitrogens with zero attached hydrogens (tertiary/aromatic N) is 2. The molecule has 4 heteroatoms. The van der Waals surface area contributed by atoms with Crippen LogP contribution >= 0.6 is 0 Å². The van der Waals surface area contributed by atoms with Crippen LogP contribution in [0.4, 0.5) is 5.82 Å². The normalized spacial score (nSPS) is 10.5. The lowest BCUT2D eigenvalue weighted by molar-refractivity contribution is 0.288. The van der Waals surface area contributed by atoms with Gasteiger partial charge in [0.1, 0.15) is 18.2 Å². The smallest absolute Gasteiger partial charge is 0.145 e. The summed E-state index contributed by atoms with van der Waals surface area (Å²) in [6.45, 7) is 5.39. The monoisotopic (exact) mass is 231 g/mol. The van der Waals surface area contributed by atoms with Gasteiger partial charge in [-0.1, -0.05) is 18.2 Å². The van der Waals surface area contributed by atoms with E-state index in [4.69, 9.17) is 10.5 Å². The molecule has 0 aliphatic rings. The lowest BCUT2D eigenvalue weighted by atomic mass is 10.1. The maximum atomic E-state index is 5.78. The number of anilines is 1. The summed E-state index contributed by atoms with van der Waals surface area (Å²) in [7, 11) is 0. The Balaban J connectivity index is 1.94. The highest BCUT2D eigenvalue weighted by atomic mass is 16.5. The second-order valence-corrected chi connectivity index (χ2v) is 4.07. The zero-order valence-corrected chi connectivity index (χ0v) is 10.2. The predicted octanol–water partition coefficient (Wildman–Crippen LogP) is 2.16. The molecule has 4 nitrogen and oxygen atoms in total. The third kappa shape index (κ3) is 2.78. The molecule has 0 atom stereocenters. The van der Waals surface area contributed by atoms with Crippen LogP contribution in [0.15, 0.2) is 30.5 Å². The highest BCUT2D eigenvalue weighted by Gasteiger charge is 2.03. The van der Waals surface area contributed by atoms with Gasteiger partial charge >= 0.3 is 0 Å². The van der Waals surface area contributed by atoms with E-state index in [1.54, 1.807) is 10.7 Å². The van der Waals surface area contributed by atoms with E-state index < -0.39 is 0 Å². The summed E-state index contributed by atoms with van der Waals surface area (Å²) in [6, 6.07) is 7.91. The van der Waals surface area contributed by atoms with Crippen molar-refractivity contribution >= 4 is 5.82 Å². The van der Waals surface area contributed by atoms with Crippen LogP contribution < -0.4 is 10.5 Å². The fourth-order valence-electron chi connectivity index (χ4n) is 1.77. The Morgan fingerprint density at radius 3 is 2.53 bits per heavy atom. The lowest BCUT2D eigenvalue weighted by Gasteiger charge is -2.11. The van der Waals surface area contributed by atoms with Gasteiger partial charge in [0.25, 0.3) is 0 Å². The molecule has 0 saturated carbocycles. The van der Waals surface area contributed by atoms with Crippen LogP contribution in [-0.4, -0.2) is 16.4 Å². The molecule has 0 aliphatic heterocycles. The van der Waals surface area contributed by atoms with E-state index >= 15 is 0 Å². The van der Waals surface area contributed by atoms with Gasteiger partial charge in [0.15, 0.2) is 0 Å². The van der Waals surface area contributed by atoms with Crippen molar-refractivity contribution in [1.82, 2.24) is 9.78 Å². The number of nitrogens with two attached hydrogens (primary N) is 1. The number of rotatable bonds is 4. The molecule has 0 unspecified atom stereocenters. The van der Waals surface area contributed by atoms with Crippen LogP contribution in [-0.2, 0) is 6.54 Å². The minimum absolute atomic E-state index is 0.539. The van der Waals surface area contributed by atoms with Crippen molar-refractivity contribution in [2.24, 2.45) is 0 Å². The molecular weight excluding hydrogens is 214 g/mol. The highest BCUT2D eigenvalue weighted by Crippen LogP contribution is 2.22. The molecule has 0 aliphatic carbocycles. The molecule has 2 aromatic rings. The quantitative estimate of drug-likeness (QED) is 0.877. The van der Waals surface area contributed by atoms with Crippen LogP contribution in [0.25, 0.3) is 0 Å². The Bertz CT molecular complexity index is 485. The lowest BCUT2D eigenvalue weighted by Crippen LogP contribution is -2.10. The van der Waals surface area contributed by atoms with E-state index in [0.29, 0.717) is 19.0 Å². The number of nitrogen functional groups attached to an aromatic ring is 1. The molecule has 0 radical (unpaired) electrons. The summed E-state index contributed by atoms with van der Waals surface area (Å²) >= 11 is 0. The summed E-state index contributed by atoms with van der Waals surface area (Å²) in [6.07, 6.45) is 1.85. The molecule has 0 amide bonds. The molecular formula is C13H17N3O. The Morgan fingerprint density at radius 2 is 1.94 bits per heavy atom. The number of hydrogen-bond acceptors (Lipinski definition) is 3. The van der Waals surface area contributed by atoms with Gasteiger partial charge in [-0.05, 0) is 31.0 Å². The fraction of sp³-hybridized carbons (Fsp3) is 0.308. The van der Waals surface area contributed by atoms with Crippen molar-refractivity contribution in [3.63, 3.8) is 0 Å². The first-order valence-electron chi connectivity index (χ1n) is 5.65. The van der Waals surface area contributed by atoms with Crippen LogP contribution in [0.2, 0.25) is 0 Å². The Kier molecular flexibility index (Phi) is 3.32. The molecule has 0 saturated heterocycles. The van der Waals surface area contributed by atoms with Gasteiger partial charge in [0, 0.05) is 6.20 Å². The van der Waals surface area contributed by atoms with Crippen molar-refractivity contribution in [1.29, 1.82) is 0 Å². The number of aryl methyl sites for hydroxylation is 2. The predicted molar refractivity (Wildman–Crippen MR) is 68.1 cm³/mol. The summed E-state index contributed by atoms with van der Waals surface area (Å²) < 4.78 is 7.56. The van der Waals surface area contributed by atoms with E-state index in [2.05, 4.69) is 5.10 Å². The maximum Gasteiger partial charge on any atom is 0.145 e. The molecule has 1 aromatic heterocycles. The molecule has 90 valence electrons. The summed E-state index contributed by atoms with van der Waals surface area (Å²) in [4.78, 5) is 0. The van der Waals surface area contributed by atoms with E-state index in [-0.39, 0.29) is 0 Å². The van der Waals surface area contributed by atoms with Crippen LogP contribution in [0.3, 0.4) is 0 Å². The average molecular weight is 231 g/mol. The Morgan fingerprint density at radius 1 is 1.24 bits per heavy atom. The van der Waals surface area contributed by atoms with Crippen molar-refractivity contribution in [2.45, 2.75) is 20.4 Å². The third-order valence-corrected chi connectivity index (χ3v) is 2.64. The summed E-state index contributed by atoms with van der Waals surface area (Å²) in [5.74, 6) is 1.50. The topological polar surface area (TPSA) is 53.1 Å². The fourth-order valence-corrected chi connectivity index (χ4v) is 1.77. The van der Waals surface area contributed by atoms with Gasteiger partial charge in [-0.3, -0.25) is 4.68 Å². The second kappa shape index (κ2) is 4.91. The molecule has 0 fully saturated rings. The van der Waals surface area contributed by atoms with Gasteiger partial charge in [-0.25, -0.2) is 0 Å². The molecule has 1 aromatic carbocycles. The van der Waals surface area contributed by atoms with E-state index in [1.807, 2.05) is 38.2 Å². The number of para-hydroxylation sites is 1. The van der Waals surface area contributed by atoms with E-state index in [0.717, 1.165) is 16.9 Å². The SMILES string of the molecule is Cc1cccc(C)c1OCCn1ccc(N)n1. The first-order chi connectivity index (χ1) is 8.16. The number of benzene rings is 1. The standard InChI is InChI=1S/C13H17N3O/c1-10-4-3-5-11(2)13(10)17-9-8-16-7-6-12(14)15-16/h3-7H,8-9H2,1-2H3,(H2,14,15). The molecule has 1 heterocycles. The molecule has 0 spiro atoms. The highest BCUT2D eigenvalue weighted by molar-refractivity contribution is 5.39. The molecule has 2 rings (SSSR count). The maximum absolute atomic E-state index is 5.78. The van der Waals surface area contributed by atoms with Gasteiger partial charge in [0.2, 0.25) is 0 Å². The Hall–Kier alpha value is -1.97. The third-order valence-electron chi connectivity index (χ3n) is 2.64. The van der Waals surface area contributed by atoms with Gasteiger partial charge in [0.05, 0.1) is 6.54 Å². The summed E-state index contributed by atoms with van der Waals surface area (Å²) in [5, 5.41) is 4.10. The number of hydrogen-bond donors (Lipinski definition) is 1. The first kappa shape index (κ1) is 11.5. The van der Waals surface area contributed by atoms with E-state index in [1.165, 1.54) is 0 Å². The van der Waals surface area contributed by atoms with Gasteiger partial charge in [-0.15, -0.1) is 0 Å². The van der Waals surface area contributed by atoms with Crippen molar-refractivity contribution in [3.05, 3.63) is 41.6 Å². The summed E-state index contributed by atoms with van der Waals surface area (Å²) in [5.41, 5.74) is 7.85. The van der Waals surface area contributed by atoms with Crippen molar-refractivity contribution < 1.29 is 4.74 Å². The largest absolute Gasteiger partial charge is 0.491 e. The molecule has 17 heavy (non-hydrogen) atoms. The minimum Gasteiger partial charge on any atom is -0.491 e. The van der Waals surface area contributed by atoms with Gasteiger partial charge < -0.3 is 10.5 Å². The number of ether oxygens (including phenoxy) is 1. The zero-order chi connectivity index (χ0) is 12.3. The van der Waals surface area contributed by atoms with Gasteiger partial charge in [-0.2, -0.15) is 5.10 Å². The van der Waals surface area contributed by atoms with Crippen LogP contribution in [0, 0.1) is 13.8 Å². The van der Waals surface area contributed by atoms with E-state index in [9.17, 15) is 0 Å². The van der Waals surface area contributed by atoms with Crippen LogP contribution in [0.5, 0.6) is 5.75 Å². The minimum atomic E-state index is 0.539. The van der Waals surface area contributed by atoms with Crippen LogP contribution in [0.1, 0.15) is 11.1 Å². The first-order valence-corrected chi connectivity index (χ1v) is 5.65. The number of aromatic nitrogens is 2. The molecule has 2 N–H and O–H groups in total. The zero-order valence-electron chi connectivity index (χ0n) is 10.2. The Labute approximate surface area is 101 Å². The second-order valence-electron chi connectivity index (χ2n) is 4.07. The molecule has 0 bridgehead atoms. The average Bonchev–Trinajstić information content (AvgIpc) is 2.69.